The second kappa shape index (κ2) is 4.74. The highest BCUT2D eigenvalue weighted by Crippen LogP contribution is 2.17. The van der Waals surface area contributed by atoms with Gasteiger partial charge in [0, 0.05) is 10.7 Å². The fourth-order valence-electron chi connectivity index (χ4n) is 0.903. The van der Waals surface area contributed by atoms with Crippen molar-refractivity contribution in [1.29, 1.82) is 0 Å². The van der Waals surface area contributed by atoms with E-state index < -0.39 is 11.9 Å². The van der Waals surface area contributed by atoms with Crippen molar-refractivity contribution >= 4 is 33.7 Å². The summed E-state index contributed by atoms with van der Waals surface area (Å²) in [4.78, 5) is 24.8. The predicted octanol–water partition coefficient (Wildman–Crippen LogP) is 1.04. The highest BCUT2D eigenvalue weighted by Gasteiger charge is 2.12. The van der Waals surface area contributed by atoms with E-state index in [-0.39, 0.29) is 17.9 Å². The molecule has 1 aromatic heterocycles. The monoisotopic (exact) mass is 274 g/mol. The Hall–Kier alpha value is -1.63. The molecule has 0 aromatic carbocycles. The lowest BCUT2D eigenvalue weighted by Gasteiger charge is -2.06. The molecule has 15 heavy (non-hydrogen) atoms. The standard InChI is InChI=1S/C8H7BrN2O4/c9-4-1-5(8(14)15)7(10-2-4)11-3-6(12)13/h1-2H,3H2,(H,10,11)(H,12,13)(H,14,15). The molecule has 1 heterocycles. The van der Waals surface area contributed by atoms with Crippen LogP contribution in [-0.2, 0) is 4.79 Å². The molecule has 0 saturated heterocycles. The van der Waals surface area contributed by atoms with Crippen molar-refractivity contribution in [3.8, 4) is 0 Å². The Balaban J connectivity index is 2.95. The number of carboxylic acid groups (broad SMARTS) is 2. The molecule has 0 radical (unpaired) electrons. The lowest BCUT2D eigenvalue weighted by molar-refractivity contribution is -0.134. The van der Waals surface area contributed by atoms with E-state index >= 15 is 0 Å². The molecule has 0 aliphatic carbocycles. The Kier molecular flexibility index (Phi) is 3.62. The van der Waals surface area contributed by atoms with Crippen LogP contribution in [0.25, 0.3) is 0 Å². The molecule has 0 bridgehead atoms. The minimum atomic E-state index is -1.17. The average Bonchev–Trinajstić information content (AvgIpc) is 2.15. The van der Waals surface area contributed by atoms with Crippen LogP contribution in [0.2, 0.25) is 0 Å². The number of aromatic nitrogens is 1. The van der Waals surface area contributed by atoms with E-state index in [1.807, 2.05) is 0 Å². The molecule has 1 rings (SSSR count). The van der Waals surface area contributed by atoms with Gasteiger partial charge in [0.25, 0.3) is 0 Å². The van der Waals surface area contributed by atoms with Crippen LogP contribution in [0.5, 0.6) is 0 Å². The average molecular weight is 275 g/mol. The normalized spacial score (nSPS) is 9.67. The van der Waals surface area contributed by atoms with Gasteiger partial charge in [0.15, 0.2) is 0 Å². The number of hydrogen-bond donors (Lipinski definition) is 3. The van der Waals surface area contributed by atoms with E-state index in [1.54, 1.807) is 0 Å². The first kappa shape index (κ1) is 11.4. The molecule has 3 N–H and O–H groups in total. The third-order valence-electron chi connectivity index (χ3n) is 1.49. The summed E-state index contributed by atoms with van der Waals surface area (Å²) in [5.74, 6) is -2.22. The van der Waals surface area contributed by atoms with Gasteiger partial charge in [-0.15, -0.1) is 0 Å². The molecule has 80 valence electrons. The van der Waals surface area contributed by atoms with Gasteiger partial charge in [-0.25, -0.2) is 9.78 Å². The predicted molar refractivity (Wildman–Crippen MR) is 55.0 cm³/mol. The quantitative estimate of drug-likeness (QED) is 0.759. The lowest BCUT2D eigenvalue weighted by atomic mass is 10.2. The Morgan fingerprint density at radius 2 is 2.13 bits per heavy atom. The summed E-state index contributed by atoms with van der Waals surface area (Å²) >= 11 is 3.07. The largest absolute Gasteiger partial charge is 0.480 e. The Morgan fingerprint density at radius 3 is 2.67 bits per heavy atom. The molecule has 0 fully saturated rings. The number of carboxylic acids is 2. The Bertz CT molecular complexity index is 408. The molecular weight excluding hydrogens is 268 g/mol. The number of nitrogens with one attached hydrogen (secondary N) is 1. The molecule has 0 atom stereocenters. The van der Waals surface area contributed by atoms with Gasteiger partial charge in [-0.3, -0.25) is 4.79 Å². The van der Waals surface area contributed by atoms with Gasteiger partial charge in [-0.1, -0.05) is 0 Å². The lowest BCUT2D eigenvalue weighted by Crippen LogP contribution is -2.15. The van der Waals surface area contributed by atoms with Crippen molar-refractivity contribution in [2.75, 3.05) is 11.9 Å². The van der Waals surface area contributed by atoms with Crippen molar-refractivity contribution in [3.05, 3.63) is 22.3 Å². The van der Waals surface area contributed by atoms with Crippen molar-refractivity contribution in [1.82, 2.24) is 4.98 Å². The van der Waals surface area contributed by atoms with Gasteiger partial charge in [-0.2, -0.15) is 0 Å². The maximum absolute atomic E-state index is 10.8. The first-order valence-corrected chi connectivity index (χ1v) is 4.64. The van der Waals surface area contributed by atoms with Crippen LogP contribution in [0, 0.1) is 0 Å². The molecule has 0 spiro atoms. The van der Waals surface area contributed by atoms with Crippen molar-refractivity contribution < 1.29 is 19.8 Å². The summed E-state index contributed by atoms with van der Waals surface area (Å²) in [6.45, 7) is -0.380. The second-order valence-electron chi connectivity index (χ2n) is 2.60. The third-order valence-corrected chi connectivity index (χ3v) is 1.93. The molecule has 1 aromatic rings. The SMILES string of the molecule is O=C(O)CNc1ncc(Br)cc1C(=O)O. The number of aromatic carboxylic acids is 1. The number of carbonyl (C=O) groups is 2. The number of aliphatic carboxylic acids is 1. The maximum Gasteiger partial charge on any atom is 0.339 e. The van der Waals surface area contributed by atoms with E-state index in [0.29, 0.717) is 4.47 Å². The highest BCUT2D eigenvalue weighted by molar-refractivity contribution is 9.10. The molecule has 0 amide bonds. The Labute approximate surface area is 93.1 Å². The number of rotatable bonds is 4. The maximum atomic E-state index is 10.8. The number of halogens is 1. The van der Waals surface area contributed by atoms with Gasteiger partial charge in [0.1, 0.15) is 17.9 Å². The topological polar surface area (TPSA) is 99.5 Å². The second-order valence-corrected chi connectivity index (χ2v) is 3.52. The summed E-state index contributed by atoms with van der Waals surface area (Å²) in [5, 5.41) is 19.6. The van der Waals surface area contributed by atoms with Crippen LogP contribution in [0.3, 0.4) is 0 Å². The van der Waals surface area contributed by atoms with Gasteiger partial charge in [0.05, 0.1) is 0 Å². The van der Waals surface area contributed by atoms with Gasteiger partial charge in [0.2, 0.25) is 0 Å². The minimum absolute atomic E-state index is 0.0353. The van der Waals surface area contributed by atoms with Gasteiger partial charge < -0.3 is 15.5 Å². The number of nitrogens with zero attached hydrogens (tertiary/aromatic N) is 1. The van der Waals surface area contributed by atoms with E-state index in [2.05, 4.69) is 26.2 Å². The van der Waals surface area contributed by atoms with Crippen LogP contribution in [0.15, 0.2) is 16.7 Å². The first-order chi connectivity index (χ1) is 7.00. The van der Waals surface area contributed by atoms with E-state index in [0.717, 1.165) is 0 Å². The van der Waals surface area contributed by atoms with Crippen molar-refractivity contribution in [2.24, 2.45) is 0 Å². The van der Waals surface area contributed by atoms with Gasteiger partial charge >= 0.3 is 11.9 Å². The third kappa shape index (κ3) is 3.21. The molecule has 6 nitrogen and oxygen atoms in total. The molecule has 0 aliphatic heterocycles. The van der Waals surface area contributed by atoms with Gasteiger partial charge in [-0.05, 0) is 22.0 Å². The minimum Gasteiger partial charge on any atom is -0.480 e. The van der Waals surface area contributed by atoms with Crippen LogP contribution in [-0.4, -0.2) is 33.7 Å². The molecule has 7 heteroatoms. The first-order valence-electron chi connectivity index (χ1n) is 3.85. The van der Waals surface area contributed by atoms with Crippen LogP contribution in [0.1, 0.15) is 10.4 Å². The summed E-state index contributed by atoms with van der Waals surface area (Å²) in [6, 6.07) is 1.35. The molecular formula is C8H7BrN2O4. The summed E-state index contributed by atoms with van der Waals surface area (Å²) in [5.41, 5.74) is -0.0781. The molecule has 0 aliphatic rings. The fourth-order valence-corrected chi connectivity index (χ4v) is 1.23. The van der Waals surface area contributed by atoms with Crippen LogP contribution < -0.4 is 5.32 Å². The van der Waals surface area contributed by atoms with Crippen LogP contribution in [0.4, 0.5) is 5.82 Å². The van der Waals surface area contributed by atoms with Crippen LogP contribution >= 0.6 is 15.9 Å². The zero-order valence-electron chi connectivity index (χ0n) is 7.40. The molecule has 0 unspecified atom stereocenters. The number of hydrogen-bond acceptors (Lipinski definition) is 4. The highest BCUT2D eigenvalue weighted by atomic mass is 79.9. The van der Waals surface area contributed by atoms with Crippen molar-refractivity contribution in [3.63, 3.8) is 0 Å². The number of anilines is 1. The Morgan fingerprint density at radius 1 is 1.47 bits per heavy atom. The summed E-state index contributed by atoms with van der Waals surface area (Å²) in [7, 11) is 0. The zero-order chi connectivity index (χ0) is 11.4. The van der Waals surface area contributed by atoms with E-state index in [4.69, 9.17) is 10.2 Å². The summed E-state index contributed by atoms with van der Waals surface area (Å²) in [6.07, 6.45) is 1.39. The number of pyridine rings is 1. The summed E-state index contributed by atoms with van der Waals surface area (Å²) < 4.78 is 0.515. The van der Waals surface area contributed by atoms with E-state index in [1.165, 1.54) is 12.3 Å². The molecule has 0 saturated carbocycles. The zero-order valence-corrected chi connectivity index (χ0v) is 8.98. The van der Waals surface area contributed by atoms with E-state index in [9.17, 15) is 9.59 Å². The smallest absolute Gasteiger partial charge is 0.339 e. The van der Waals surface area contributed by atoms with Crippen molar-refractivity contribution in [2.45, 2.75) is 0 Å². The fraction of sp³-hybridized carbons (Fsp3) is 0.125.